The molecule has 2 rings (SSSR count). The molecule has 1 heterocycles. The van der Waals surface area contributed by atoms with Crippen molar-refractivity contribution in [2.24, 2.45) is 5.73 Å². The molecular formula is C14H12ClN3O3. The molecule has 3 N–H and O–H groups in total. The van der Waals surface area contributed by atoms with Gasteiger partial charge in [-0.25, -0.2) is 9.78 Å². The summed E-state index contributed by atoms with van der Waals surface area (Å²) < 4.78 is 4.69. The second kappa shape index (κ2) is 6.23. The molecule has 7 heteroatoms. The number of benzene rings is 1. The van der Waals surface area contributed by atoms with E-state index in [-0.39, 0.29) is 22.4 Å². The van der Waals surface area contributed by atoms with Crippen LogP contribution in [0.3, 0.4) is 0 Å². The van der Waals surface area contributed by atoms with Gasteiger partial charge in [0.15, 0.2) is 0 Å². The number of hydrogen-bond acceptors (Lipinski definition) is 4. The Morgan fingerprint density at radius 3 is 2.43 bits per heavy atom. The number of anilines is 1. The van der Waals surface area contributed by atoms with E-state index in [9.17, 15) is 9.59 Å². The van der Waals surface area contributed by atoms with E-state index in [0.29, 0.717) is 5.69 Å². The molecule has 0 atom stereocenters. The molecule has 0 spiro atoms. The van der Waals surface area contributed by atoms with Crippen molar-refractivity contribution >= 4 is 29.3 Å². The second-order valence-electron chi connectivity index (χ2n) is 4.19. The van der Waals surface area contributed by atoms with E-state index in [1.807, 2.05) is 0 Å². The van der Waals surface area contributed by atoms with Crippen molar-refractivity contribution in [3.05, 3.63) is 52.8 Å². The maximum atomic E-state index is 12.1. The van der Waals surface area contributed by atoms with Crippen LogP contribution < -0.4 is 15.8 Å². The lowest BCUT2D eigenvalue weighted by atomic mass is 10.2. The van der Waals surface area contributed by atoms with Crippen molar-refractivity contribution in [2.45, 2.75) is 6.92 Å². The van der Waals surface area contributed by atoms with Crippen LogP contribution in [0.1, 0.15) is 16.1 Å². The highest BCUT2D eigenvalue weighted by Crippen LogP contribution is 2.19. The number of carbonyl (C=O) groups excluding carboxylic acids is 2. The summed E-state index contributed by atoms with van der Waals surface area (Å²) in [5.41, 5.74) is 6.42. The normalized spacial score (nSPS) is 10.0. The average Bonchev–Trinajstić information content (AvgIpc) is 2.40. The number of hydrogen-bond donors (Lipinski definition) is 2. The Balaban J connectivity index is 2.10. The quantitative estimate of drug-likeness (QED) is 0.852. The zero-order valence-corrected chi connectivity index (χ0v) is 11.8. The Bertz CT molecular complexity index is 686. The molecule has 0 aliphatic rings. The first-order valence-corrected chi connectivity index (χ1v) is 6.35. The SMILES string of the molecule is Cc1ccc(C(=O)Nc2ccc(OC(N)=O)cc2)c(Cl)n1. The van der Waals surface area contributed by atoms with Crippen molar-refractivity contribution < 1.29 is 14.3 Å². The zero-order chi connectivity index (χ0) is 15.4. The molecule has 0 fully saturated rings. The fraction of sp³-hybridized carbons (Fsp3) is 0.0714. The number of nitrogens with one attached hydrogen (secondary N) is 1. The minimum absolute atomic E-state index is 0.140. The molecule has 21 heavy (non-hydrogen) atoms. The molecule has 0 saturated carbocycles. The van der Waals surface area contributed by atoms with Crippen LogP contribution in [0.2, 0.25) is 5.15 Å². The Hall–Kier alpha value is -2.60. The first kappa shape index (κ1) is 14.8. The number of nitrogens with zero attached hydrogens (tertiary/aromatic N) is 1. The van der Waals surface area contributed by atoms with E-state index in [1.165, 1.54) is 12.1 Å². The Labute approximate surface area is 125 Å². The zero-order valence-electron chi connectivity index (χ0n) is 11.1. The predicted molar refractivity (Wildman–Crippen MR) is 78.6 cm³/mol. The number of ether oxygens (including phenoxy) is 1. The molecule has 0 radical (unpaired) electrons. The number of aryl methyl sites for hydroxylation is 1. The second-order valence-corrected chi connectivity index (χ2v) is 4.55. The maximum Gasteiger partial charge on any atom is 0.409 e. The summed E-state index contributed by atoms with van der Waals surface area (Å²) in [4.78, 5) is 26.7. The summed E-state index contributed by atoms with van der Waals surface area (Å²) in [6.07, 6.45) is -0.899. The molecule has 1 aromatic heterocycles. The Morgan fingerprint density at radius 1 is 1.19 bits per heavy atom. The van der Waals surface area contributed by atoms with Crippen LogP contribution in [0.4, 0.5) is 10.5 Å². The molecule has 0 bridgehead atoms. The summed E-state index contributed by atoms with van der Waals surface area (Å²) >= 11 is 5.93. The van der Waals surface area contributed by atoms with Crippen LogP contribution >= 0.6 is 11.6 Å². The van der Waals surface area contributed by atoms with Gasteiger partial charge in [-0.3, -0.25) is 4.79 Å². The van der Waals surface area contributed by atoms with Gasteiger partial charge in [-0.15, -0.1) is 0 Å². The molecule has 0 saturated heterocycles. The predicted octanol–water partition coefficient (Wildman–Crippen LogP) is 2.75. The van der Waals surface area contributed by atoms with Crippen molar-refractivity contribution in [1.29, 1.82) is 0 Å². The first-order valence-electron chi connectivity index (χ1n) is 5.97. The van der Waals surface area contributed by atoms with Gasteiger partial charge >= 0.3 is 6.09 Å². The number of aromatic nitrogens is 1. The van der Waals surface area contributed by atoms with Gasteiger partial charge in [0.05, 0.1) is 5.56 Å². The van der Waals surface area contributed by atoms with E-state index in [4.69, 9.17) is 17.3 Å². The number of carbonyl (C=O) groups is 2. The number of primary amides is 1. The number of pyridine rings is 1. The van der Waals surface area contributed by atoms with E-state index in [2.05, 4.69) is 15.0 Å². The van der Waals surface area contributed by atoms with E-state index < -0.39 is 6.09 Å². The molecule has 2 aromatic rings. The molecule has 0 aliphatic heterocycles. The van der Waals surface area contributed by atoms with Crippen LogP contribution in [0, 0.1) is 6.92 Å². The largest absolute Gasteiger partial charge is 0.411 e. The minimum Gasteiger partial charge on any atom is -0.411 e. The van der Waals surface area contributed by atoms with Gasteiger partial charge in [-0.1, -0.05) is 11.6 Å². The summed E-state index contributed by atoms with van der Waals surface area (Å²) in [5, 5.41) is 2.80. The lowest BCUT2D eigenvalue weighted by Gasteiger charge is -2.07. The van der Waals surface area contributed by atoms with Crippen LogP contribution in [0.15, 0.2) is 36.4 Å². The van der Waals surface area contributed by atoms with Gasteiger partial charge in [0.25, 0.3) is 5.91 Å². The smallest absolute Gasteiger partial charge is 0.409 e. The lowest BCUT2D eigenvalue weighted by molar-refractivity contribution is 0.102. The van der Waals surface area contributed by atoms with Crippen LogP contribution in [-0.2, 0) is 0 Å². The van der Waals surface area contributed by atoms with Crippen molar-refractivity contribution in [3.63, 3.8) is 0 Å². The van der Waals surface area contributed by atoms with E-state index in [0.717, 1.165) is 5.69 Å². The average molecular weight is 306 g/mol. The topological polar surface area (TPSA) is 94.3 Å². The highest BCUT2D eigenvalue weighted by molar-refractivity contribution is 6.33. The standard InChI is InChI=1S/C14H12ClN3O3/c1-8-2-7-11(12(15)17-8)13(19)18-9-3-5-10(6-4-9)21-14(16)20/h2-7H,1H3,(H2,16,20)(H,18,19). The van der Waals surface area contributed by atoms with Gasteiger partial charge < -0.3 is 15.8 Å². The number of halogens is 1. The molecule has 2 amide bonds. The van der Waals surface area contributed by atoms with Crippen LogP contribution in [0.25, 0.3) is 0 Å². The molecule has 6 nitrogen and oxygen atoms in total. The number of amides is 2. The maximum absolute atomic E-state index is 12.1. The van der Waals surface area contributed by atoms with Gasteiger partial charge in [-0.05, 0) is 43.3 Å². The third kappa shape index (κ3) is 3.93. The molecular weight excluding hydrogens is 294 g/mol. The van der Waals surface area contributed by atoms with Gasteiger partial charge in [0, 0.05) is 11.4 Å². The van der Waals surface area contributed by atoms with Gasteiger partial charge in [0.1, 0.15) is 10.9 Å². The third-order valence-corrected chi connectivity index (χ3v) is 2.85. The summed E-state index contributed by atoms with van der Waals surface area (Å²) in [5.74, 6) is -0.0911. The molecule has 0 aliphatic carbocycles. The van der Waals surface area contributed by atoms with Crippen LogP contribution in [-0.4, -0.2) is 17.0 Å². The number of nitrogens with two attached hydrogens (primary N) is 1. The Kier molecular flexibility index (Phi) is 4.39. The van der Waals surface area contributed by atoms with Gasteiger partial charge in [0.2, 0.25) is 0 Å². The van der Waals surface area contributed by atoms with E-state index in [1.54, 1.807) is 31.2 Å². The lowest BCUT2D eigenvalue weighted by Crippen LogP contribution is -2.16. The van der Waals surface area contributed by atoms with E-state index >= 15 is 0 Å². The monoisotopic (exact) mass is 305 g/mol. The highest BCUT2D eigenvalue weighted by atomic mass is 35.5. The fourth-order valence-corrected chi connectivity index (χ4v) is 1.90. The minimum atomic E-state index is -0.899. The fourth-order valence-electron chi connectivity index (χ4n) is 1.62. The Morgan fingerprint density at radius 2 is 1.86 bits per heavy atom. The molecule has 0 unspecified atom stereocenters. The summed E-state index contributed by atoms with van der Waals surface area (Å²) in [7, 11) is 0. The first-order chi connectivity index (χ1) is 9.95. The van der Waals surface area contributed by atoms with Crippen molar-refractivity contribution in [3.8, 4) is 5.75 Å². The third-order valence-electron chi connectivity index (χ3n) is 2.56. The van der Waals surface area contributed by atoms with Crippen molar-refractivity contribution in [2.75, 3.05) is 5.32 Å². The van der Waals surface area contributed by atoms with Gasteiger partial charge in [-0.2, -0.15) is 0 Å². The molecule has 108 valence electrons. The van der Waals surface area contributed by atoms with Crippen LogP contribution in [0.5, 0.6) is 5.75 Å². The number of rotatable bonds is 3. The van der Waals surface area contributed by atoms with Crippen molar-refractivity contribution in [1.82, 2.24) is 4.98 Å². The summed E-state index contributed by atoms with van der Waals surface area (Å²) in [6.45, 7) is 1.78. The molecule has 1 aromatic carbocycles. The summed E-state index contributed by atoms with van der Waals surface area (Å²) in [6, 6.07) is 9.47. The highest BCUT2D eigenvalue weighted by Gasteiger charge is 2.12.